The van der Waals surface area contributed by atoms with Crippen molar-refractivity contribution in [3.05, 3.63) is 41.5 Å². The summed E-state index contributed by atoms with van der Waals surface area (Å²) in [6, 6.07) is 8.00. The Morgan fingerprint density at radius 2 is 2.07 bits per heavy atom. The van der Waals surface area contributed by atoms with Crippen molar-refractivity contribution in [1.82, 2.24) is 9.80 Å². The fourth-order valence-corrected chi connectivity index (χ4v) is 4.00. The molecule has 27 heavy (non-hydrogen) atoms. The van der Waals surface area contributed by atoms with E-state index in [9.17, 15) is 9.59 Å². The minimum absolute atomic E-state index is 0.0462. The average Bonchev–Trinajstić information content (AvgIpc) is 2.96. The molecular formula is C22H30N2O3. The molecule has 3 aliphatic rings. The SMILES string of the molecule is COc1cccc(CCC(=O)N2C[C@@H]3CC[C@H](C2)N(CC=C(C)C)C3=O)c1. The van der Waals surface area contributed by atoms with Crippen LogP contribution in [-0.4, -0.2) is 54.4 Å². The van der Waals surface area contributed by atoms with E-state index in [2.05, 4.69) is 19.9 Å². The van der Waals surface area contributed by atoms with E-state index in [0.717, 1.165) is 24.2 Å². The van der Waals surface area contributed by atoms with Crippen LogP contribution in [0.1, 0.15) is 38.7 Å². The molecule has 146 valence electrons. The maximum Gasteiger partial charge on any atom is 0.228 e. The van der Waals surface area contributed by atoms with Gasteiger partial charge in [0.15, 0.2) is 0 Å². The first-order valence-corrected chi connectivity index (χ1v) is 9.82. The van der Waals surface area contributed by atoms with Crippen LogP contribution in [0.15, 0.2) is 35.9 Å². The number of methoxy groups -OCH3 is 1. The van der Waals surface area contributed by atoms with Gasteiger partial charge in [-0.25, -0.2) is 0 Å². The first-order chi connectivity index (χ1) is 13.0. The van der Waals surface area contributed by atoms with E-state index in [0.29, 0.717) is 32.5 Å². The highest BCUT2D eigenvalue weighted by Gasteiger charge is 2.41. The molecule has 4 rings (SSSR count). The van der Waals surface area contributed by atoms with Gasteiger partial charge in [-0.1, -0.05) is 23.8 Å². The first-order valence-electron chi connectivity index (χ1n) is 9.82. The number of piperidine rings is 1. The Labute approximate surface area is 162 Å². The molecule has 0 aliphatic carbocycles. The Bertz CT molecular complexity index is 724. The molecule has 2 atom stereocenters. The fourth-order valence-electron chi connectivity index (χ4n) is 4.00. The Morgan fingerprint density at radius 3 is 2.81 bits per heavy atom. The number of carbonyl (C=O) groups excluding carboxylic acids is 2. The Hall–Kier alpha value is -2.30. The zero-order valence-corrected chi connectivity index (χ0v) is 16.6. The van der Waals surface area contributed by atoms with Gasteiger partial charge in [0.1, 0.15) is 5.75 Å². The number of hydrogen-bond donors (Lipinski definition) is 0. The predicted octanol–water partition coefficient (Wildman–Crippen LogP) is 3.04. The van der Waals surface area contributed by atoms with Gasteiger partial charge >= 0.3 is 0 Å². The van der Waals surface area contributed by atoms with Gasteiger partial charge in [-0.3, -0.25) is 9.59 Å². The molecule has 0 N–H and O–H groups in total. The second-order valence-electron chi connectivity index (χ2n) is 7.85. The standard InChI is InChI=1S/C22H30N2O3/c1-16(2)11-12-24-19-9-8-18(22(24)26)14-23(15-19)21(25)10-7-17-5-4-6-20(13-17)27-3/h4-6,11,13,18-19H,7-10,12,14-15H2,1-3H3/t18-,19+/m0/s1. The molecule has 3 fully saturated rings. The van der Waals surface area contributed by atoms with Crippen molar-refractivity contribution in [3.8, 4) is 5.75 Å². The number of benzene rings is 1. The summed E-state index contributed by atoms with van der Waals surface area (Å²) >= 11 is 0. The number of carbonyl (C=O) groups is 2. The molecule has 0 saturated carbocycles. The van der Waals surface area contributed by atoms with E-state index in [4.69, 9.17) is 4.74 Å². The lowest BCUT2D eigenvalue weighted by Crippen LogP contribution is -2.48. The Balaban J connectivity index is 1.63. The second kappa shape index (κ2) is 8.59. The normalized spacial score (nSPS) is 21.8. The largest absolute Gasteiger partial charge is 0.497 e. The van der Waals surface area contributed by atoms with Crippen molar-refractivity contribution in [2.45, 2.75) is 45.6 Å². The minimum atomic E-state index is -0.0462. The third-order valence-electron chi connectivity index (χ3n) is 5.60. The molecular weight excluding hydrogens is 340 g/mol. The summed E-state index contributed by atoms with van der Waals surface area (Å²) in [5.41, 5.74) is 2.32. The molecule has 2 bridgehead atoms. The number of amides is 2. The van der Waals surface area contributed by atoms with E-state index in [1.807, 2.05) is 34.1 Å². The summed E-state index contributed by atoms with van der Waals surface area (Å²) < 4.78 is 5.25. The zero-order chi connectivity index (χ0) is 19.4. The topological polar surface area (TPSA) is 49.9 Å². The van der Waals surface area contributed by atoms with Crippen LogP contribution in [0.3, 0.4) is 0 Å². The molecule has 3 heterocycles. The smallest absolute Gasteiger partial charge is 0.228 e. The summed E-state index contributed by atoms with van der Waals surface area (Å²) in [4.78, 5) is 29.5. The van der Waals surface area contributed by atoms with Crippen LogP contribution in [0.4, 0.5) is 0 Å². The lowest BCUT2D eigenvalue weighted by molar-refractivity contribution is -0.139. The third kappa shape index (κ3) is 4.71. The van der Waals surface area contributed by atoms with Gasteiger partial charge < -0.3 is 14.5 Å². The number of hydrogen-bond acceptors (Lipinski definition) is 3. The predicted molar refractivity (Wildman–Crippen MR) is 106 cm³/mol. The van der Waals surface area contributed by atoms with E-state index in [1.165, 1.54) is 5.57 Å². The van der Waals surface area contributed by atoms with Crippen molar-refractivity contribution >= 4 is 11.8 Å². The number of allylic oxidation sites excluding steroid dienone is 1. The van der Waals surface area contributed by atoms with Crippen LogP contribution in [0.2, 0.25) is 0 Å². The van der Waals surface area contributed by atoms with E-state index >= 15 is 0 Å². The van der Waals surface area contributed by atoms with E-state index in [-0.39, 0.29) is 23.8 Å². The van der Waals surface area contributed by atoms with Crippen LogP contribution < -0.4 is 4.74 Å². The summed E-state index contributed by atoms with van der Waals surface area (Å²) in [6.45, 7) is 5.99. The van der Waals surface area contributed by atoms with Crippen LogP contribution in [0.25, 0.3) is 0 Å². The molecule has 5 heteroatoms. The van der Waals surface area contributed by atoms with Crippen molar-refractivity contribution < 1.29 is 14.3 Å². The molecule has 3 aliphatic heterocycles. The van der Waals surface area contributed by atoms with Gasteiger partial charge in [-0.15, -0.1) is 0 Å². The molecule has 0 unspecified atom stereocenters. The molecule has 0 aromatic heterocycles. The monoisotopic (exact) mass is 370 g/mol. The third-order valence-corrected chi connectivity index (χ3v) is 5.60. The van der Waals surface area contributed by atoms with Gasteiger partial charge in [0.05, 0.1) is 13.0 Å². The van der Waals surface area contributed by atoms with Crippen molar-refractivity contribution in [3.63, 3.8) is 0 Å². The highest BCUT2D eigenvalue weighted by atomic mass is 16.5. The second-order valence-corrected chi connectivity index (χ2v) is 7.85. The van der Waals surface area contributed by atoms with Crippen molar-refractivity contribution in [2.75, 3.05) is 26.7 Å². The molecule has 1 aromatic carbocycles. The van der Waals surface area contributed by atoms with Crippen LogP contribution in [0, 0.1) is 5.92 Å². The van der Waals surface area contributed by atoms with Gasteiger partial charge in [-0.2, -0.15) is 0 Å². The summed E-state index contributed by atoms with van der Waals surface area (Å²) in [5, 5.41) is 0. The van der Waals surface area contributed by atoms with Crippen LogP contribution in [-0.2, 0) is 16.0 Å². The van der Waals surface area contributed by atoms with E-state index < -0.39 is 0 Å². The quantitative estimate of drug-likeness (QED) is 0.723. The number of ether oxygens (including phenoxy) is 1. The minimum Gasteiger partial charge on any atom is -0.497 e. The Morgan fingerprint density at radius 1 is 1.26 bits per heavy atom. The summed E-state index contributed by atoms with van der Waals surface area (Å²) in [6.07, 6.45) is 5.15. The maximum absolute atomic E-state index is 12.8. The number of aryl methyl sites for hydroxylation is 1. The highest BCUT2D eigenvalue weighted by Crippen LogP contribution is 2.29. The van der Waals surface area contributed by atoms with Gasteiger partial charge in [0.25, 0.3) is 0 Å². The number of fused-ring (bicyclic) bond motifs is 4. The van der Waals surface area contributed by atoms with Gasteiger partial charge in [0.2, 0.25) is 11.8 Å². The lowest BCUT2D eigenvalue weighted by atomic mass is 9.94. The van der Waals surface area contributed by atoms with Gasteiger partial charge in [0, 0.05) is 32.1 Å². The lowest BCUT2D eigenvalue weighted by Gasteiger charge is -2.35. The molecule has 3 saturated heterocycles. The number of nitrogens with zero attached hydrogens (tertiary/aromatic N) is 2. The van der Waals surface area contributed by atoms with Crippen molar-refractivity contribution in [1.29, 1.82) is 0 Å². The highest BCUT2D eigenvalue weighted by molar-refractivity contribution is 5.83. The summed E-state index contributed by atoms with van der Waals surface area (Å²) in [5.74, 6) is 1.13. The van der Waals surface area contributed by atoms with Gasteiger partial charge in [-0.05, 0) is 50.8 Å². The molecule has 0 radical (unpaired) electrons. The molecule has 5 nitrogen and oxygen atoms in total. The molecule has 1 aromatic rings. The van der Waals surface area contributed by atoms with Crippen LogP contribution in [0.5, 0.6) is 5.75 Å². The zero-order valence-electron chi connectivity index (χ0n) is 16.6. The average molecular weight is 370 g/mol. The van der Waals surface area contributed by atoms with Crippen LogP contribution >= 0.6 is 0 Å². The Kier molecular flexibility index (Phi) is 6.19. The fraction of sp³-hybridized carbons (Fsp3) is 0.545. The van der Waals surface area contributed by atoms with E-state index in [1.54, 1.807) is 7.11 Å². The van der Waals surface area contributed by atoms with Crippen molar-refractivity contribution in [2.24, 2.45) is 5.92 Å². The molecule has 0 spiro atoms. The maximum atomic E-state index is 12.8. The number of rotatable bonds is 6. The first kappa shape index (κ1) is 19.5. The summed E-state index contributed by atoms with van der Waals surface area (Å²) in [7, 11) is 1.65. The molecule has 2 amide bonds.